The van der Waals surface area contributed by atoms with Crippen molar-refractivity contribution >= 4 is 22.9 Å². The number of thiophene rings is 1. The Kier molecular flexibility index (Phi) is 4.83. The summed E-state index contributed by atoms with van der Waals surface area (Å²) in [7, 11) is 0. The average Bonchev–Trinajstić information content (AvgIpc) is 3.11. The fraction of sp³-hybridized carbons (Fsp3) is 0.211. The summed E-state index contributed by atoms with van der Waals surface area (Å²) in [5, 5.41) is 22.6. The van der Waals surface area contributed by atoms with Crippen molar-refractivity contribution in [3.05, 3.63) is 63.0 Å². The summed E-state index contributed by atoms with van der Waals surface area (Å²) in [5.41, 5.74) is 3.36. The fourth-order valence-electron chi connectivity index (χ4n) is 2.86. The Bertz CT molecular complexity index is 914. The number of anilines is 1. The van der Waals surface area contributed by atoms with Crippen molar-refractivity contribution in [2.75, 3.05) is 11.9 Å². The average molecular weight is 348 g/mol. The van der Waals surface area contributed by atoms with E-state index < -0.39 is 0 Å². The van der Waals surface area contributed by atoms with Crippen molar-refractivity contribution in [1.82, 2.24) is 4.90 Å². The number of hydrogen-bond acceptors (Lipinski definition) is 5. The minimum Gasteiger partial charge on any atom is -0.360 e. The quantitative estimate of drug-likeness (QED) is 0.860. The number of carbonyl (C=O) groups excluding carboxylic acids is 1. The summed E-state index contributed by atoms with van der Waals surface area (Å²) in [6.07, 6.45) is 2.25. The molecule has 0 atom stereocenters. The first-order chi connectivity index (χ1) is 12.1. The van der Waals surface area contributed by atoms with E-state index in [-0.39, 0.29) is 11.5 Å². The Hall–Kier alpha value is -3.09. The van der Waals surface area contributed by atoms with Gasteiger partial charge in [-0.15, -0.1) is 11.3 Å². The van der Waals surface area contributed by atoms with Crippen molar-refractivity contribution < 1.29 is 4.79 Å². The maximum Gasteiger partial charge on any atom is 0.254 e. The van der Waals surface area contributed by atoms with Crippen molar-refractivity contribution in [3.63, 3.8) is 0 Å². The number of rotatable bonds is 3. The summed E-state index contributed by atoms with van der Waals surface area (Å²) in [4.78, 5) is 16.2. The molecule has 0 fully saturated rings. The third kappa shape index (κ3) is 3.40. The lowest BCUT2D eigenvalue weighted by Gasteiger charge is -2.28. The van der Waals surface area contributed by atoms with Crippen LogP contribution in [0.3, 0.4) is 0 Å². The molecule has 1 amide bonds. The van der Waals surface area contributed by atoms with Crippen molar-refractivity contribution in [2.45, 2.75) is 19.9 Å². The molecule has 0 spiro atoms. The second-order valence-corrected chi connectivity index (χ2v) is 6.75. The van der Waals surface area contributed by atoms with Gasteiger partial charge in [-0.2, -0.15) is 10.5 Å². The number of nitrogens with one attached hydrogen (secondary N) is 1. The first-order valence-electron chi connectivity index (χ1n) is 7.85. The minimum atomic E-state index is -0.0165. The molecule has 0 saturated carbocycles. The van der Waals surface area contributed by atoms with Crippen LogP contribution in [-0.4, -0.2) is 17.4 Å². The first-order valence-corrected chi connectivity index (χ1v) is 8.73. The molecule has 1 aromatic carbocycles. The minimum absolute atomic E-state index is 0.00256. The molecule has 1 N–H and O–H groups in total. The summed E-state index contributed by atoms with van der Waals surface area (Å²) in [5.74, 6) is 0.00256. The molecule has 0 saturated heterocycles. The van der Waals surface area contributed by atoms with Gasteiger partial charge in [0.05, 0.1) is 0 Å². The Balaban J connectivity index is 1.82. The van der Waals surface area contributed by atoms with Gasteiger partial charge in [-0.3, -0.25) is 4.79 Å². The number of benzene rings is 1. The van der Waals surface area contributed by atoms with Gasteiger partial charge in [0.15, 0.2) is 0 Å². The first kappa shape index (κ1) is 16.8. The molecular formula is C19H16N4OS. The lowest BCUT2D eigenvalue weighted by molar-refractivity contribution is 0.0735. The second-order valence-electron chi connectivity index (χ2n) is 5.75. The highest BCUT2D eigenvalue weighted by atomic mass is 32.1. The lowest BCUT2D eigenvalue weighted by atomic mass is 10.0. The second kappa shape index (κ2) is 7.21. The molecule has 1 aliphatic rings. The van der Waals surface area contributed by atoms with Gasteiger partial charge in [-0.1, -0.05) is 6.07 Å². The molecule has 124 valence electrons. The number of carbonyl (C=O) groups is 1. The molecule has 6 heteroatoms. The highest BCUT2D eigenvalue weighted by Crippen LogP contribution is 2.27. The number of fused-ring (bicyclic) bond motifs is 1. The third-order valence-corrected chi connectivity index (χ3v) is 5.29. The number of hydrogen-bond donors (Lipinski definition) is 1. The van der Waals surface area contributed by atoms with Crippen molar-refractivity contribution in [2.24, 2.45) is 0 Å². The molecule has 0 radical (unpaired) electrons. The largest absolute Gasteiger partial charge is 0.360 e. The Labute approximate surface area is 150 Å². The lowest BCUT2D eigenvalue weighted by Crippen LogP contribution is -2.35. The highest BCUT2D eigenvalue weighted by Gasteiger charge is 2.24. The molecule has 1 aliphatic heterocycles. The van der Waals surface area contributed by atoms with E-state index in [0.29, 0.717) is 17.8 Å². The summed E-state index contributed by atoms with van der Waals surface area (Å²) < 4.78 is 0. The van der Waals surface area contributed by atoms with Crippen LogP contribution in [0.4, 0.5) is 5.69 Å². The van der Waals surface area contributed by atoms with Crippen LogP contribution >= 0.6 is 11.3 Å². The van der Waals surface area contributed by atoms with Crippen LogP contribution in [0.5, 0.6) is 0 Å². The van der Waals surface area contributed by atoms with Gasteiger partial charge in [0.25, 0.3) is 5.91 Å². The van der Waals surface area contributed by atoms with E-state index in [1.54, 1.807) is 29.5 Å². The van der Waals surface area contributed by atoms with Gasteiger partial charge in [-0.25, -0.2) is 0 Å². The number of nitriles is 2. The van der Waals surface area contributed by atoms with Crippen LogP contribution in [0.1, 0.15) is 26.4 Å². The van der Waals surface area contributed by atoms with Gasteiger partial charge in [0.1, 0.15) is 17.7 Å². The molecule has 1 aromatic heterocycles. The van der Waals surface area contributed by atoms with E-state index in [4.69, 9.17) is 10.5 Å². The van der Waals surface area contributed by atoms with Gasteiger partial charge in [-0.05, 0) is 48.1 Å². The molecular weight excluding hydrogens is 332 g/mol. The third-order valence-electron chi connectivity index (χ3n) is 4.27. The van der Waals surface area contributed by atoms with Crippen LogP contribution in [0.2, 0.25) is 0 Å². The number of nitrogens with zero attached hydrogens (tertiary/aromatic N) is 3. The Morgan fingerprint density at radius 1 is 1.32 bits per heavy atom. The Morgan fingerprint density at radius 2 is 2.12 bits per heavy atom. The summed E-state index contributed by atoms with van der Waals surface area (Å²) in [6, 6.07) is 11.1. The van der Waals surface area contributed by atoms with E-state index in [0.717, 1.165) is 18.5 Å². The van der Waals surface area contributed by atoms with Gasteiger partial charge in [0.2, 0.25) is 0 Å². The van der Waals surface area contributed by atoms with Crippen molar-refractivity contribution in [1.29, 1.82) is 10.5 Å². The summed E-state index contributed by atoms with van der Waals surface area (Å²) >= 11 is 1.75. The van der Waals surface area contributed by atoms with Gasteiger partial charge >= 0.3 is 0 Å². The van der Waals surface area contributed by atoms with Gasteiger partial charge in [0, 0.05) is 35.4 Å². The number of allylic oxidation sites excluding steroid dienone is 1. The normalized spacial score (nSPS) is 12.5. The van der Waals surface area contributed by atoms with Crippen LogP contribution in [0.25, 0.3) is 0 Å². The zero-order valence-electron chi connectivity index (χ0n) is 13.7. The molecule has 0 aliphatic carbocycles. The predicted molar refractivity (Wildman–Crippen MR) is 96.9 cm³/mol. The van der Waals surface area contributed by atoms with Crippen LogP contribution < -0.4 is 5.32 Å². The van der Waals surface area contributed by atoms with Gasteiger partial charge < -0.3 is 10.2 Å². The van der Waals surface area contributed by atoms with E-state index in [1.165, 1.54) is 16.6 Å². The van der Waals surface area contributed by atoms with E-state index in [9.17, 15) is 4.79 Å². The molecule has 2 aromatic rings. The monoisotopic (exact) mass is 348 g/mol. The smallest absolute Gasteiger partial charge is 0.254 e. The molecule has 2 heterocycles. The molecule has 0 unspecified atom stereocenters. The highest BCUT2D eigenvalue weighted by molar-refractivity contribution is 7.10. The predicted octanol–water partition coefficient (Wildman–Crippen LogP) is 3.60. The number of amides is 1. The van der Waals surface area contributed by atoms with Crippen LogP contribution in [-0.2, 0) is 13.0 Å². The molecule has 5 nitrogen and oxygen atoms in total. The maximum atomic E-state index is 12.9. The van der Waals surface area contributed by atoms with E-state index in [1.807, 2.05) is 24.0 Å². The standard InChI is InChI=1S/C19H16N4OS/c1-13-16(3-2-4-17(13)22-11-14(9-20)10-21)19(24)23-7-5-18-15(12-23)6-8-25-18/h2-4,6,8,11,22H,5,7,12H2,1H3. The zero-order chi connectivity index (χ0) is 17.8. The summed E-state index contributed by atoms with van der Waals surface area (Å²) in [6.45, 7) is 3.22. The van der Waals surface area contributed by atoms with Crippen molar-refractivity contribution in [3.8, 4) is 12.1 Å². The molecule has 25 heavy (non-hydrogen) atoms. The molecule has 0 bridgehead atoms. The molecule has 3 rings (SSSR count). The topological polar surface area (TPSA) is 79.9 Å². The van der Waals surface area contributed by atoms with Crippen LogP contribution in [0.15, 0.2) is 41.4 Å². The van der Waals surface area contributed by atoms with E-state index in [2.05, 4.69) is 16.8 Å². The van der Waals surface area contributed by atoms with E-state index >= 15 is 0 Å². The zero-order valence-corrected chi connectivity index (χ0v) is 14.6. The maximum absolute atomic E-state index is 12.9. The Morgan fingerprint density at radius 3 is 2.88 bits per heavy atom. The SMILES string of the molecule is Cc1c(NC=C(C#N)C#N)cccc1C(=O)N1CCc2sccc2C1. The van der Waals surface area contributed by atoms with Crippen LogP contribution in [0, 0.1) is 29.6 Å². The fourth-order valence-corrected chi connectivity index (χ4v) is 3.75.